The van der Waals surface area contributed by atoms with Gasteiger partial charge in [0.05, 0.1) is 6.61 Å². The number of piperidine rings is 1. The Labute approximate surface area is 94.2 Å². The van der Waals surface area contributed by atoms with Gasteiger partial charge in [0, 0.05) is 12.5 Å². The highest BCUT2D eigenvalue weighted by atomic mass is 19.1. The number of phenolic OH excluding ortho intramolecular Hbond substituents is 1. The fraction of sp³-hybridized carbons (Fsp3) is 0.500. The van der Waals surface area contributed by atoms with Gasteiger partial charge in [-0.05, 0) is 31.5 Å². The first kappa shape index (κ1) is 11.2. The molecule has 1 aliphatic heterocycles. The van der Waals surface area contributed by atoms with Gasteiger partial charge in [-0.25, -0.2) is 4.39 Å². The van der Waals surface area contributed by atoms with Crippen molar-refractivity contribution in [3.63, 3.8) is 0 Å². The van der Waals surface area contributed by atoms with Gasteiger partial charge in [0.1, 0.15) is 0 Å². The van der Waals surface area contributed by atoms with Gasteiger partial charge >= 0.3 is 0 Å². The molecule has 1 aliphatic rings. The summed E-state index contributed by atoms with van der Waals surface area (Å²) in [5, 5.41) is 12.7. The van der Waals surface area contributed by atoms with Crippen molar-refractivity contribution in [1.29, 1.82) is 0 Å². The number of nitrogens with one attached hydrogen (secondary N) is 1. The van der Waals surface area contributed by atoms with Gasteiger partial charge in [0.2, 0.25) is 0 Å². The molecule has 88 valence electrons. The Morgan fingerprint density at radius 3 is 3.06 bits per heavy atom. The van der Waals surface area contributed by atoms with Gasteiger partial charge in [-0.3, -0.25) is 0 Å². The highest BCUT2D eigenvalue weighted by Gasteiger charge is 2.16. The third-order valence-electron chi connectivity index (χ3n) is 2.81. The van der Waals surface area contributed by atoms with Crippen LogP contribution >= 0.6 is 0 Å². The Hall–Kier alpha value is -1.29. The molecule has 1 saturated heterocycles. The van der Waals surface area contributed by atoms with Crippen LogP contribution in [0.15, 0.2) is 18.2 Å². The first-order chi connectivity index (χ1) is 7.77. The summed E-state index contributed by atoms with van der Waals surface area (Å²) in [6.07, 6.45) is 2.21. The standard InChI is InChI=1S/C12H16FNO2/c13-10-4-1-5-11(15)12(10)16-8-9-3-2-6-14-7-9/h1,4-5,9,14-15H,2-3,6-8H2. The number of hydrogen-bond acceptors (Lipinski definition) is 3. The lowest BCUT2D eigenvalue weighted by Gasteiger charge is -2.23. The van der Waals surface area contributed by atoms with Crippen LogP contribution < -0.4 is 10.1 Å². The first-order valence-corrected chi connectivity index (χ1v) is 5.58. The zero-order chi connectivity index (χ0) is 11.4. The minimum Gasteiger partial charge on any atom is -0.504 e. The van der Waals surface area contributed by atoms with Gasteiger partial charge in [0.15, 0.2) is 17.3 Å². The SMILES string of the molecule is Oc1cccc(F)c1OCC1CCCNC1. The minimum atomic E-state index is -0.510. The molecular weight excluding hydrogens is 209 g/mol. The van der Waals surface area contributed by atoms with Crippen LogP contribution in [0, 0.1) is 11.7 Å². The zero-order valence-electron chi connectivity index (χ0n) is 9.08. The molecule has 16 heavy (non-hydrogen) atoms. The highest BCUT2D eigenvalue weighted by molar-refractivity contribution is 5.39. The maximum absolute atomic E-state index is 13.3. The first-order valence-electron chi connectivity index (χ1n) is 5.58. The van der Waals surface area contributed by atoms with E-state index in [1.54, 1.807) is 0 Å². The van der Waals surface area contributed by atoms with Crippen LogP contribution in [-0.2, 0) is 0 Å². The molecular formula is C12H16FNO2. The van der Waals surface area contributed by atoms with Gasteiger partial charge in [-0.1, -0.05) is 6.07 Å². The minimum absolute atomic E-state index is 0.0342. The molecule has 1 heterocycles. The van der Waals surface area contributed by atoms with Crippen LogP contribution in [0.3, 0.4) is 0 Å². The predicted molar refractivity (Wildman–Crippen MR) is 59.2 cm³/mol. The Balaban J connectivity index is 1.93. The summed E-state index contributed by atoms with van der Waals surface area (Å²) < 4.78 is 18.6. The second-order valence-corrected chi connectivity index (χ2v) is 4.11. The van der Waals surface area contributed by atoms with Crippen LogP contribution in [0.2, 0.25) is 0 Å². The normalized spacial score (nSPS) is 20.7. The van der Waals surface area contributed by atoms with Gasteiger partial charge < -0.3 is 15.2 Å². The van der Waals surface area contributed by atoms with Crippen molar-refractivity contribution in [3.8, 4) is 11.5 Å². The summed E-state index contributed by atoms with van der Waals surface area (Å²) in [7, 11) is 0. The number of phenols is 1. The molecule has 2 N–H and O–H groups in total. The summed E-state index contributed by atoms with van der Waals surface area (Å²) in [4.78, 5) is 0. The van der Waals surface area contributed by atoms with Gasteiger partial charge in [-0.2, -0.15) is 0 Å². The molecule has 0 spiro atoms. The van der Waals surface area contributed by atoms with Crippen molar-refractivity contribution < 1.29 is 14.2 Å². The highest BCUT2D eigenvalue weighted by Crippen LogP contribution is 2.29. The van der Waals surface area contributed by atoms with Crippen LogP contribution in [0.4, 0.5) is 4.39 Å². The van der Waals surface area contributed by atoms with E-state index in [0.717, 1.165) is 25.9 Å². The monoisotopic (exact) mass is 225 g/mol. The van der Waals surface area contributed by atoms with E-state index in [1.165, 1.54) is 18.2 Å². The fourth-order valence-corrected chi connectivity index (χ4v) is 1.91. The molecule has 4 heteroatoms. The van der Waals surface area contributed by atoms with Crippen molar-refractivity contribution >= 4 is 0 Å². The summed E-state index contributed by atoms with van der Waals surface area (Å²) in [5.74, 6) is -0.284. The van der Waals surface area contributed by atoms with Crippen LogP contribution in [0.25, 0.3) is 0 Å². The van der Waals surface area contributed by atoms with E-state index in [9.17, 15) is 9.50 Å². The third kappa shape index (κ3) is 2.64. The predicted octanol–water partition coefficient (Wildman–Crippen LogP) is 1.91. The molecule has 1 aromatic rings. The maximum atomic E-state index is 13.3. The molecule has 1 aromatic carbocycles. The molecule has 3 nitrogen and oxygen atoms in total. The Kier molecular flexibility index (Phi) is 3.62. The fourth-order valence-electron chi connectivity index (χ4n) is 1.91. The van der Waals surface area contributed by atoms with Crippen molar-refractivity contribution in [2.24, 2.45) is 5.92 Å². The average Bonchev–Trinajstić information content (AvgIpc) is 2.30. The van der Waals surface area contributed by atoms with Gasteiger partial charge in [0.25, 0.3) is 0 Å². The maximum Gasteiger partial charge on any atom is 0.196 e. The summed E-state index contributed by atoms with van der Waals surface area (Å²) in [6, 6.07) is 4.17. The lowest BCUT2D eigenvalue weighted by atomic mass is 10.0. The molecule has 0 aliphatic carbocycles. The summed E-state index contributed by atoms with van der Waals surface area (Å²) in [6.45, 7) is 2.39. The topological polar surface area (TPSA) is 41.5 Å². The van der Waals surface area contributed by atoms with E-state index in [2.05, 4.69) is 5.32 Å². The number of rotatable bonds is 3. The van der Waals surface area contributed by atoms with Crippen LogP contribution in [-0.4, -0.2) is 24.8 Å². The number of halogens is 1. The van der Waals surface area contributed by atoms with Crippen molar-refractivity contribution in [2.75, 3.05) is 19.7 Å². The molecule has 1 unspecified atom stereocenters. The summed E-state index contributed by atoms with van der Waals surface area (Å²) in [5.41, 5.74) is 0. The molecule has 2 rings (SSSR count). The summed E-state index contributed by atoms with van der Waals surface area (Å²) >= 11 is 0. The lowest BCUT2D eigenvalue weighted by molar-refractivity contribution is 0.205. The zero-order valence-corrected chi connectivity index (χ0v) is 9.08. The number of para-hydroxylation sites is 1. The Bertz CT molecular complexity index is 331. The Morgan fingerprint density at radius 1 is 1.50 bits per heavy atom. The largest absolute Gasteiger partial charge is 0.504 e. The second kappa shape index (κ2) is 5.16. The molecule has 0 amide bonds. The molecule has 0 aromatic heterocycles. The number of aromatic hydroxyl groups is 1. The van der Waals surface area contributed by atoms with Crippen molar-refractivity contribution in [2.45, 2.75) is 12.8 Å². The molecule has 0 saturated carbocycles. The van der Waals surface area contributed by atoms with E-state index in [1.807, 2.05) is 0 Å². The lowest BCUT2D eigenvalue weighted by Crippen LogP contribution is -2.33. The van der Waals surface area contributed by atoms with E-state index in [0.29, 0.717) is 12.5 Å². The third-order valence-corrected chi connectivity index (χ3v) is 2.81. The molecule has 1 fully saturated rings. The quantitative estimate of drug-likeness (QED) is 0.825. The average molecular weight is 225 g/mol. The molecule has 0 radical (unpaired) electrons. The van der Waals surface area contributed by atoms with Crippen molar-refractivity contribution in [1.82, 2.24) is 5.32 Å². The number of ether oxygens (including phenoxy) is 1. The van der Waals surface area contributed by atoms with E-state index >= 15 is 0 Å². The van der Waals surface area contributed by atoms with E-state index in [4.69, 9.17) is 4.74 Å². The van der Waals surface area contributed by atoms with E-state index in [-0.39, 0.29) is 11.5 Å². The van der Waals surface area contributed by atoms with Crippen molar-refractivity contribution in [3.05, 3.63) is 24.0 Å². The molecule has 0 bridgehead atoms. The Morgan fingerprint density at radius 2 is 2.38 bits per heavy atom. The number of benzene rings is 1. The van der Waals surface area contributed by atoms with Crippen LogP contribution in [0.5, 0.6) is 11.5 Å². The second-order valence-electron chi connectivity index (χ2n) is 4.11. The van der Waals surface area contributed by atoms with Gasteiger partial charge in [-0.15, -0.1) is 0 Å². The van der Waals surface area contributed by atoms with E-state index < -0.39 is 5.82 Å². The molecule has 1 atom stereocenters. The number of hydrogen-bond donors (Lipinski definition) is 2. The van der Waals surface area contributed by atoms with Crippen LogP contribution in [0.1, 0.15) is 12.8 Å². The smallest absolute Gasteiger partial charge is 0.196 e.